The van der Waals surface area contributed by atoms with Crippen LogP contribution in [0.1, 0.15) is 45.8 Å². The summed E-state index contributed by atoms with van der Waals surface area (Å²) < 4.78 is 83.3. The molecular formula is C23H20F6N4O3. The number of hydrogen-bond donors (Lipinski definition) is 2. The summed E-state index contributed by atoms with van der Waals surface area (Å²) in [5.74, 6) is -0.621. The number of aliphatic hydroxyl groups is 1. The van der Waals surface area contributed by atoms with Crippen LogP contribution in [0, 0.1) is 0 Å². The zero-order valence-corrected chi connectivity index (χ0v) is 18.7. The number of nitrogens with zero attached hydrogens (tertiary/aromatic N) is 3. The predicted molar refractivity (Wildman–Crippen MR) is 115 cm³/mol. The van der Waals surface area contributed by atoms with Gasteiger partial charge in [0, 0.05) is 22.7 Å². The molecule has 0 radical (unpaired) electrons. The van der Waals surface area contributed by atoms with Crippen molar-refractivity contribution in [2.45, 2.75) is 44.6 Å². The fraction of sp³-hybridized carbons (Fsp3) is 0.348. The molecule has 0 spiro atoms. The van der Waals surface area contributed by atoms with E-state index in [9.17, 15) is 36.2 Å². The van der Waals surface area contributed by atoms with E-state index >= 15 is 0 Å². The first kappa shape index (κ1) is 25.6. The number of nitrogen functional groups attached to an aromatic ring is 1. The zero-order chi connectivity index (χ0) is 26.4. The summed E-state index contributed by atoms with van der Waals surface area (Å²) in [5.41, 5.74) is 6.66. The molecule has 2 unspecified atom stereocenters. The molecule has 4 rings (SSSR count). The highest BCUT2D eigenvalue weighted by Crippen LogP contribution is 2.38. The minimum absolute atomic E-state index is 0.0166. The molecule has 2 atom stereocenters. The number of anilines is 1. The quantitative estimate of drug-likeness (QED) is 0.490. The second kappa shape index (κ2) is 9.21. The van der Waals surface area contributed by atoms with Gasteiger partial charge >= 0.3 is 12.4 Å². The Bertz CT molecular complexity index is 1290. The van der Waals surface area contributed by atoms with Gasteiger partial charge < -0.3 is 20.5 Å². The van der Waals surface area contributed by atoms with E-state index in [2.05, 4.69) is 9.97 Å². The van der Waals surface area contributed by atoms with Crippen molar-refractivity contribution in [2.75, 3.05) is 12.3 Å². The molecule has 0 saturated carbocycles. The van der Waals surface area contributed by atoms with E-state index in [1.807, 2.05) is 0 Å². The number of nitrogens with two attached hydrogens (primary N) is 1. The zero-order valence-electron chi connectivity index (χ0n) is 18.7. The molecule has 3 N–H and O–H groups in total. The van der Waals surface area contributed by atoms with Crippen molar-refractivity contribution in [3.8, 4) is 0 Å². The summed E-state index contributed by atoms with van der Waals surface area (Å²) in [5, 5.41) is 10.1. The van der Waals surface area contributed by atoms with Crippen LogP contribution in [-0.4, -0.2) is 44.7 Å². The van der Waals surface area contributed by atoms with E-state index in [4.69, 9.17) is 10.5 Å². The third-order valence-corrected chi connectivity index (χ3v) is 5.86. The first-order chi connectivity index (χ1) is 16.8. The molecule has 0 aliphatic carbocycles. The highest BCUT2D eigenvalue weighted by Gasteiger charge is 2.40. The van der Waals surface area contributed by atoms with Crippen LogP contribution in [-0.2, 0) is 24.1 Å². The second-order valence-electron chi connectivity index (χ2n) is 8.35. The summed E-state index contributed by atoms with van der Waals surface area (Å²) in [4.78, 5) is 21.9. The fourth-order valence-corrected chi connectivity index (χ4v) is 3.99. The first-order valence-electron chi connectivity index (χ1n) is 10.7. The molecule has 1 aliphatic rings. The van der Waals surface area contributed by atoms with Crippen LogP contribution in [0.3, 0.4) is 0 Å². The maximum Gasteiger partial charge on any atom is 0.417 e. The smallest absolute Gasteiger partial charge is 0.383 e. The number of pyridine rings is 2. The molecule has 13 heteroatoms. The third-order valence-electron chi connectivity index (χ3n) is 5.86. The molecule has 0 bridgehead atoms. The van der Waals surface area contributed by atoms with Gasteiger partial charge in [-0.3, -0.25) is 9.78 Å². The Morgan fingerprint density at radius 3 is 2.56 bits per heavy atom. The SMILES string of the molecule is CC1OCc2c1c(N)nc1ccc(C(=O)N(Cc3ccc(C(F)(F)F)cn3)CC(O)C(F)(F)F)cc21. The summed E-state index contributed by atoms with van der Waals surface area (Å²) >= 11 is 0. The average Bonchev–Trinajstić information content (AvgIpc) is 3.19. The van der Waals surface area contributed by atoms with Gasteiger partial charge in [0.25, 0.3) is 5.91 Å². The molecule has 7 nitrogen and oxygen atoms in total. The Balaban J connectivity index is 1.69. The highest BCUT2D eigenvalue weighted by molar-refractivity contribution is 5.99. The number of carbonyl (C=O) groups is 1. The lowest BCUT2D eigenvalue weighted by Gasteiger charge is -2.26. The third kappa shape index (κ3) is 5.07. The summed E-state index contributed by atoms with van der Waals surface area (Å²) in [6.45, 7) is 0.257. The van der Waals surface area contributed by atoms with Crippen molar-refractivity contribution in [1.29, 1.82) is 0 Å². The molecule has 3 aromatic rings. The lowest BCUT2D eigenvalue weighted by atomic mass is 10.00. The molecule has 0 saturated heterocycles. The number of alkyl halides is 6. The van der Waals surface area contributed by atoms with Gasteiger partial charge in [0.15, 0.2) is 6.10 Å². The van der Waals surface area contributed by atoms with Gasteiger partial charge in [-0.05, 0) is 42.8 Å². The lowest BCUT2D eigenvalue weighted by molar-refractivity contribution is -0.206. The van der Waals surface area contributed by atoms with Gasteiger partial charge in [-0.2, -0.15) is 26.3 Å². The van der Waals surface area contributed by atoms with Crippen molar-refractivity contribution in [1.82, 2.24) is 14.9 Å². The van der Waals surface area contributed by atoms with Crippen molar-refractivity contribution < 1.29 is 41.0 Å². The van der Waals surface area contributed by atoms with Gasteiger partial charge in [0.2, 0.25) is 0 Å². The number of aliphatic hydroxyl groups excluding tert-OH is 1. The number of hydrogen-bond acceptors (Lipinski definition) is 6. The van der Waals surface area contributed by atoms with Crippen molar-refractivity contribution in [3.63, 3.8) is 0 Å². The molecule has 3 heterocycles. The number of benzene rings is 1. The molecule has 1 amide bonds. The Kier molecular flexibility index (Phi) is 6.56. The topological polar surface area (TPSA) is 102 Å². The molecule has 2 aromatic heterocycles. The Morgan fingerprint density at radius 2 is 1.94 bits per heavy atom. The summed E-state index contributed by atoms with van der Waals surface area (Å²) in [6.07, 6.45) is -12.4. The van der Waals surface area contributed by atoms with Gasteiger partial charge in [-0.1, -0.05) is 0 Å². The van der Waals surface area contributed by atoms with E-state index in [-0.39, 0.29) is 29.8 Å². The van der Waals surface area contributed by atoms with Gasteiger partial charge in [-0.25, -0.2) is 4.98 Å². The minimum Gasteiger partial charge on any atom is -0.383 e. The van der Waals surface area contributed by atoms with E-state index in [0.29, 0.717) is 39.2 Å². The monoisotopic (exact) mass is 514 g/mol. The maximum atomic E-state index is 13.3. The molecule has 0 fully saturated rings. The van der Waals surface area contributed by atoms with Crippen LogP contribution in [0.2, 0.25) is 0 Å². The lowest BCUT2D eigenvalue weighted by Crippen LogP contribution is -2.43. The highest BCUT2D eigenvalue weighted by atomic mass is 19.4. The Morgan fingerprint density at radius 1 is 1.22 bits per heavy atom. The maximum absolute atomic E-state index is 13.3. The van der Waals surface area contributed by atoms with E-state index in [1.54, 1.807) is 6.92 Å². The normalized spacial score (nSPS) is 16.7. The van der Waals surface area contributed by atoms with Crippen LogP contribution in [0.15, 0.2) is 36.5 Å². The van der Waals surface area contributed by atoms with Gasteiger partial charge in [0.1, 0.15) is 5.82 Å². The number of amides is 1. The first-order valence-corrected chi connectivity index (χ1v) is 10.7. The van der Waals surface area contributed by atoms with Crippen LogP contribution < -0.4 is 5.73 Å². The Hall–Kier alpha value is -3.45. The van der Waals surface area contributed by atoms with Gasteiger partial charge in [-0.15, -0.1) is 0 Å². The fourth-order valence-electron chi connectivity index (χ4n) is 3.99. The Labute approximate surface area is 200 Å². The number of rotatable bonds is 5. The minimum atomic E-state index is -5.02. The number of carbonyl (C=O) groups excluding carboxylic acids is 1. The van der Waals surface area contributed by atoms with Crippen LogP contribution in [0.4, 0.5) is 32.2 Å². The van der Waals surface area contributed by atoms with E-state index < -0.39 is 43.0 Å². The van der Waals surface area contributed by atoms with Crippen LogP contribution in [0.25, 0.3) is 10.9 Å². The molecule has 1 aliphatic heterocycles. The van der Waals surface area contributed by atoms with Crippen LogP contribution >= 0.6 is 0 Å². The number of halogens is 6. The molecule has 36 heavy (non-hydrogen) atoms. The number of aromatic nitrogens is 2. The molecule has 1 aromatic carbocycles. The number of ether oxygens (including phenoxy) is 1. The summed E-state index contributed by atoms with van der Waals surface area (Å²) in [7, 11) is 0. The van der Waals surface area contributed by atoms with E-state index in [1.165, 1.54) is 18.2 Å². The largest absolute Gasteiger partial charge is 0.417 e. The predicted octanol–water partition coefficient (Wildman–Crippen LogP) is 4.39. The molecule has 192 valence electrons. The van der Waals surface area contributed by atoms with Crippen molar-refractivity contribution in [3.05, 3.63) is 64.5 Å². The number of fused-ring (bicyclic) bond motifs is 3. The van der Waals surface area contributed by atoms with Crippen molar-refractivity contribution >= 4 is 22.6 Å². The standard InChI is InChI=1S/C23H20F6N4O3/c1-11-19-16(10-36-11)15-6-12(2-5-17(15)32-20(19)30)21(35)33(9-18(34)23(27,28)29)8-14-4-3-13(7-31-14)22(24,25)26/h2-7,11,18,34H,8-10H2,1H3,(H2,30,32). The summed E-state index contributed by atoms with van der Waals surface area (Å²) in [6, 6.07) is 5.94. The second-order valence-corrected chi connectivity index (χ2v) is 8.35. The molecular weight excluding hydrogens is 494 g/mol. The van der Waals surface area contributed by atoms with Crippen molar-refractivity contribution in [2.24, 2.45) is 0 Å². The average molecular weight is 514 g/mol. The van der Waals surface area contributed by atoms with E-state index in [0.717, 1.165) is 6.07 Å². The van der Waals surface area contributed by atoms with Gasteiger partial charge in [0.05, 0.1) is 42.6 Å². The van der Waals surface area contributed by atoms with Crippen LogP contribution in [0.5, 0.6) is 0 Å².